The van der Waals surface area contributed by atoms with Crippen molar-refractivity contribution in [2.24, 2.45) is 0 Å². The number of nitrogens with zero attached hydrogens (tertiary/aromatic N) is 2. The fourth-order valence-electron chi connectivity index (χ4n) is 3.80. The van der Waals surface area contributed by atoms with Crippen LogP contribution in [0.25, 0.3) is 0 Å². The van der Waals surface area contributed by atoms with E-state index < -0.39 is 16.1 Å². The van der Waals surface area contributed by atoms with E-state index in [0.717, 1.165) is 11.8 Å². The molecule has 0 aliphatic heterocycles. The lowest BCUT2D eigenvalue weighted by atomic mass is 10.1. The number of hydrogen-bond acceptors (Lipinski definition) is 5. The molecule has 0 fully saturated rings. The molecule has 8 nitrogen and oxygen atoms in total. The van der Waals surface area contributed by atoms with Crippen LogP contribution in [0, 0.1) is 0 Å². The number of halogens is 2. The fraction of sp³-hybridized carbons (Fsp3) is 0.440. The lowest BCUT2D eigenvalue weighted by Crippen LogP contribution is -2.48. The normalized spacial score (nSPS) is 12.1. The topological polar surface area (TPSA) is 96.0 Å². The number of hydrogen-bond donors (Lipinski definition) is 1. The fourth-order valence-corrected chi connectivity index (χ4v) is 5.09. The first kappa shape index (κ1) is 29.7. The number of amides is 2. The predicted molar refractivity (Wildman–Crippen MR) is 144 cm³/mol. The zero-order valence-corrected chi connectivity index (χ0v) is 23.3. The minimum Gasteiger partial charge on any atom is -0.494 e. The summed E-state index contributed by atoms with van der Waals surface area (Å²) >= 11 is 12.2. The highest BCUT2D eigenvalue weighted by molar-refractivity contribution is 7.92. The second-order valence-electron chi connectivity index (χ2n) is 8.17. The molecule has 0 unspecified atom stereocenters. The van der Waals surface area contributed by atoms with Gasteiger partial charge in [-0.05, 0) is 61.7 Å². The van der Waals surface area contributed by atoms with Crippen LogP contribution in [0.1, 0.15) is 38.7 Å². The average Bonchev–Trinajstić information content (AvgIpc) is 2.83. The number of carbonyl (C=O) groups is 2. The van der Waals surface area contributed by atoms with Gasteiger partial charge >= 0.3 is 0 Å². The maximum atomic E-state index is 13.3. The molecule has 2 amide bonds. The van der Waals surface area contributed by atoms with Gasteiger partial charge in [-0.2, -0.15) is 0 Å². The summed E-state index contributed by atoms with van der Waals surface area (Å²) in [6, 6.07) is 11.1. The summed E-state index contributed by atoms with van der Waals surface area (Å²) in [6.07, 6.45) is 1.86. The lowest BCUT2D eigenvalue weighted by molar-refractivity contribution is -0.141. The second-order valence-corrected chi connectivity index (χ2v) is 10.9. The van der Waals surface area contributed by atoms with Crippen molar-refractivity contribution in [1.82, 2.24) is 10.2 Å². The van der Waals surface area contributed by atoms with E-state index in [4.69, 9.17) is 27.9 Å². The summed E-state index contributed by atoms with van der Waals surface area (Å²) in [4.78, 5) is 27.3. The third kappa shape index (κ3) is 8.28. The van der Waals surface area contributed by atoms with E-state index in [1.807, 2.05) is 13.8 Å². The quantitative estimate of drug-likeness (QED) is 0.391. The van der Waals surface area contributed by atoms with Crippen LogP contribution in [0.5, 0.6) is 5.75 Å². The van der Waals surface area contributed by atoms with E-state index in [1.165, 1.54) is 16.3 Å². The van der Waals surface area contributed by atoms with Crippen LogP contribution in [-0.4, -0.2) is 57.6 Å². The van der Waals surface area contributed by atoms with Crippen molar-refractivity contribution in [3.8, 4) is 5.75 Å². The third-order valence-corrected chi connectivity index (χ3v) is 7.49. The Morgan fingerprint density at radius 3 is 2.25 bits per heavy atom. The smallest absolute Gasteiger partial charge is 0.242 e. The summed E-state index contributed by atoms with van der Waals surface area (Å²) in [7, 11) is -2.06. The number of nitrogens with one attached hydrogen (secondary N) is 1. The average molecular weight is 559 g/mol. The van der Waals surface area contributed by atoms with Crippen molar-refractivity contribution >= 4 is 50.7 Å². The Morgan fingerprint density at radius 1 is 1.06 bits per heavy atom. The Morgan fingerprint density at radius 2 is 1.72 bits per heavy atom. The molecule has 11 heteroatoms. The maximum Gasteiger partial charge on any atom is 0.242 e. The molecule has 1 atom stereocenters. The van der Waals surface area contributed by atoms with Crippen molar-refractivity contribution in [2.45, 2.75) is 45.7 Å². The molecular formula is C25H33Cl2N3O5S. The third-order valence-electron chi connectivity index (χ3n) is 5.56. The first-order chi connectivity index (χ1) is 17.0. The Balaban J connectivity index is 2.19. The molecule has 2 aromatic rings. The van der Waals surface area contributed by atoms with Gasteiger partial charge in [-0.15, -0.1) is 0 Å². The van der Waals surface area contributed by atoms with Gasteiger partial charge in [0.1, 0.15) is 11.8 Å². The Kier molecular flexibility index (Phi) is 11.3. The first-order valence-corrected chi connectivity index (χ1v) is 14.3. The van der Waals surface area contributed by atoms with Gasteiger partial charge in [0.05, 0.1) is 28.6 Å². The molecule has 0 saturated carbocycles. The second kappa shape index (κ2) is 13.7. The number of sulfonamides is 1. The predicted octanol–water partition coefficient (Wildman–Crippen LogP) is 4.49. The van der Waals surface area contributed by atoms with Crippen LogP contribution in [-0.2, 0) is 26.2 Å². The first-order valence-electron chi connectivity index (χ1n) is 11.7. The molecule has 1 N–H and O–H groups in total. The summed E-state index contributed by atoms with van der Waals surface area (Å²) in [5, 5.41) is 3.36. The molecule has 0 saturated heterocycles. The van der Waals surface area contributed by atoms with E-state index in [1.54, 1.807) is 42.5 Å². The number of carbonyl (C=O) groups excluding carboxylic acids is 2. The molecule has 0 aliphatic carbocycles. The van der Waals surface area contributed by atoms with Crippen molar-refractivity contribution < 1.29 is 22.7 Å². The Hall–Kier alpha value is -2.49. The van der Waals surface area contributed by atoms with Gasteiger partial charge in [-0.1, -0.05) is 36.2 Å². The van der Waals surface area contributed by atoms with E-state index >= 15 is 0 Å². The van der Waals surface area contributed by atoms with Gasteiger partial charge in [0.15, 0.2) is 0 Å². The minimum absolute atomic E-state index is 0.0534. The highest BCUT2D eigenvalue weighted by Crippen LogP contribution is 2.25. The van der Waals surface area contributed by atoms with E-state index in [-0.39, 0.29) is 37.7 Å². The summed E-state index contributed by atoms with van der Waals surface area (Å²) in [6.45, 7) is 4.47. The highest BCUT2D eigenvalue weighted by atomic mass is 35.5. The molecule has 0 spiro atoms. The van der Waals surface area contributed by atoms with Crippen LogP contribution >= 0.6 is 23.2 Å². The van der Waals surface area contributed by atoms with Crippen molar-refractivity contribution in [3.63, 3.8) is 0 Å². The van der Waals surface area contributed by atoms with Crippen molar-refractivity contribution in [2.75, 3.05) is 30.8 Å². The molecule has 2 aromatic carbocycles. The molecule has 0 heterocycles. The molecule has 198 valence electrons. The van der Waals surface area contributed by atoms with Gasteiger partial charge in [0.25, 0.3) is 0 Å². The Labute approximate surface area is 223 Å². The van der Waals surface area contributed by atoms with Crippen LogP contribution in [0.3, 0.4) is 0 Å². The molecule has 0 aromatic heterocycles. The minimum atomic E-state index is -3.58. The maximum absolute atomic E-state index is 13.3. The lowest BCUT2D eigenvalue weighted by Gasteiger charge is -2.31. The van der Waals surface area contributed by atoms with Crippen LogP contribution in [0.2, 0.25) is 10.0 Å². The van der Waals surface area contributed by atoms with Crippen molar-refractivity contribution in [3.05, 3.63) is 58.1 Å². The standard InChI is InChI=1S/C25H33Cl2N3O5S/c1-5-23(25(32)28-3)29(17-18-9-14-21(26)22(27)16-18)24(31)8-7-15-30(36(4,33)34)19-10-12-20(13-11-19)35-6-2/h9-14,16,23H,5-8,15,17H2,1-4H3,(H,28,32)/t23-/m0/s1. The van der Waals surface area contributed by atoms with Gasteiger partial charge < -0.3 is 15.0 Å². The molecule has 36 heavy (non-hydrogen) atoms. The zero-order valence-electron chi connectivity index (χ0n) is 21.0. The van der Waals surface area contributed by atoms with Crippen LogP contribution in [0.15, 0.2) is 42.5 Å². The van der Waals surface area contributed by atoms with Gasteiger partial charge in [0, 0.05) is 26.6 Å². The van der Waals surface area contributed by atoms with Crippen LogP contribution < -0.4 is 14.4 Å². The molecule has 0 radical (unpaired) electrons. The number of likely N-dealkylation sites (N-methyl/N-ethyl adjacent to an activating group) is 1. The molecule has 0 aliphatic rings. The number of rotatable bonds is 13. The summed E-state index contributed by atoms with van der Waals surface area (Å²) in [5.74, 6) is 0.0948. The highest BCUT2D eigenvalue weighted by Gasteiger charge is 2.28. The molecule has 2 rings (SSSR count). The zero-order chi connectivity index (χ0) is 26.9. The van der Waals surface area contributed by atoms with Crippen molar-refractivity contribution in [1.29, 1.82) is 0 Å². The number of ether oxygens (including phenoxy) is 1. The largest absolute Gasteiger partial charge is 0.494 e. The summed E-state index contributed by atoms with van der Waals surface area (Å²) < 4.78 is 31.6. The van der Waals surface area contributed by atoms with Crippen LogP contribution in [0.4, 0.5) is 5.69 Å². The van der Waals surface area contributed by atoms with Gasteiger partial charge in [-0.25, -0.2) is 8.42 Å². The SMILES string of the molecule is CCOc1ccc(N(CCCC(=O)N(Cc2ccc(Cl)c(Cl)c2)[C@@H](CC)C(=O)NC)S(C)(=O)=O)cc1. The molecular weight excluding hydrogens is 525 g/mol. The van der Waals surface area contributed by atoms with E-state index in [2.05, 4.69) is 5.32 Å². The number of anilines is 1. The van der Waals surface area contributed by atoms with E-state index in [0.29, 0.717) is 34.5 Å². The summed E-state index contributed by atoms with van der Waals surface area (Å²) in [5.41, 5.74) is 1.21. The number of benzene rings is 2. The monoisotopic (exact) mass is 557 g/mol. The Bertz CT molecular complexity index is 1140. The van der Waals surface area contributed by atoms with Gasteiger partial charge in [-0.3, -0.25) is 13.9 Å². The molecule has 0 bridgehead atoms. The van der Waals surface area contributed by atoms with E-state index in [9.17, 15) is 18.0 Å². The van der Waals surface area contributed by atoms with Gasteiger partial charge in [0.2, 0.25) is 21.8 Å².